The Morgan fingerprint density at radius 2 is 2.09 bits per heavy atom. The van der Waals surface area contributed by atoms with Crippen LogP contribution in [-0.2, 0) is 4.79 Å². The van der Waals surface area contributed by atoms with E-state index in [1.807, 2.05) is 13.8 Å². The molecule has 3 heterocycles. The second-order valence-electron chi connectivity index (χ2n) is 6.05. The zero-order valence-electron chi connectivity index (χ0n) is 12.6. The molecule has 2 aliphatic rings. The molecule has 1 atom stereocenters. The highest BCUT2D eigenvalue weighted by molar-refractivity contribution is 5.93. The van der Waals surface area contributed by atoms with Crippen molar-refractivity contribution < 1.29 is 19.1 Å². The van der Waals surface area contributed by atoms with E-state index in [0.717, 1.165) is 0 Å². The van der Waals surface area contributed by atoms with Crippen molar-refractivity contribution >= 4 is 11.8 Å². The summed E-state index contributed by atoms with van der Waals surface area (Å²) < 4.78 is 10.8. The van der Waals surface area contributed by atoms with E-state index < -0.39 is 5.54 Å². The number of nitrogens with zero attached hydrogens (tertiary/aromatic N) is 1. The third-order valence-corrected chi connectivity index (χ3v) is 3.96. The third-order valence-electron chi connectivity index (χ3n) is 3.96. The lowest BCUT2D eigenvalue weighted by Gasteiger charge is -2.39. The molecule has 0 spiro atoms. The number of nitrogens with one attached hydrogen (secondary N) is 2. The maximum atomic E-state index is 12.4. The molecule has 1 fully saturated rings. The predicted octanol–water partition coefficient (Wildman–Crippen LogP) is 0.640. The molecular weight excluding hydrogens is 286 g/mol. The molecule has 1 aromatic heterocycles. The van der Waals surface area contributed by atoms with E-state index >= 15 is 0 Å². The SMILES string of the molecule is CC1(C)NC(=O)CCC1NC(=O)c1cc2c(cn1)OCCO2. The molecule has 22 heavy (non-hydrogen) atoms. The molecule has 0 aromatic carbocycles. The third kappa shape index (κ3) is 2.84. The summed E-state index contributed by atoms with van der Waals surface area (Å²) in [5, 5.41) is 5.83. The highest BCUT2D eigenvalue weighted by Crippen LogP contribution is 2.29. The molecule has 0 radical (unpaired) electrons. The number of rotatable bonds is 2. The molecule has 0 aliphatic carbocycles. The van der Waals surface area contributed by atoms with Crippen molar-refractivity contribution in [3.63, 3.8) is 0 Å². The van der Waals surface area contributed by atoms with Gasteiger partial charge in [0.05, 0.1) is 17.8 Å². The van der Waals surface area contributed by atoms with Crippen molar-refractivity contribution in [2.45, 2.75) is 38.3 Å². The van der Waals surface area contributed by atoms with Crippen LogP contribution in [0.25, 0.3) is 0 Å². The number of amides is 2. The fraction of sp³-hybridized carbons (Fsp3) is 0.533. The summed E-state index contributed by atoms with van der Waals surface area (Å²) in [6.07, 6.45) is 2.51. The van der Waals surface area contributed by atoms with Gasteiger partial charge in [0.25, 0.3) is 5.91 Å². The van der Waals surface area contributed by atoms with Gasteiger partial charge in [-0.05, 0) is 20.3 Å². The lowest BCUT2D eigenvalue weighted by atomic mass is 9.87. The highest BCUT2D eigenvalue weighted by atomic mass is 16.6. The number of pyridine rings is 1. The van der Waals surface area contributed by atoms with Crippen LogP contribution in [0.2, 0.25) is 0 Å². The number of carbonyl (C=O) groups is 2. The van der Waals surface area contributed by atoms with Gasteiger partial charge in [-0.3, -0.25) is 9.59 Å². The van der Waals surface area contributed by atoms with Crippen molar-refractivity contribution in [1.82, 2.24) is 15.6 Å². The maximum Gasteiger partial charge on any atom is 0.270 e. The summed E-state index contributed by atoms with van der Waals surface area (Å²) in [6, 6.07) is 1.44. The second kappa shape index (κ2) is 5.47. The lowest BCUT2D eigenvalue weighted by molar-refractivity contribution is -0.125. The largest absolute Gasteiger partial charge is 0.486 e. The van der Waals surface area contributed by atoms with Crippen molar-refractivity contribution in [1.29, 1.82) is 0 Å². The molecule has 1 saturated heterocycles. The summed E-state index contributed by atoms with van der Waals surface area (Å²) >= 11 is 0. The number of fused-ring (bicyclic) bond motifs is 1. The monoisotopic (exact) mass is 305 g/mol. The normalized spacial score (nSPS) is 22.6. The van der Waals surface area contributed by atoms with Gasteiger partial charge in [0, 0.05) is 12.5 Å². The van der Waals surface area contributed by atoms with Crippen molar-refractivity contribution in [3.8, 4) is 11.5 Å². The van der Waals surface area contributed by atoms with Crippen LogP contribution < -0.4 is 20.1 Å². The average molecular weight is 305 g/mol. The Balaban J connectivity index is 1.73. The molecule has 7 nitrogen and oxygen atoms in total. The topological polar surface area (TPSA) is 89.6 Å². The number of hydrogen-bond acceptors (Lipinski definition) is 5. The summed E-state index contributed by atoms with van der Waals surface area (Å²) in [5.74, 6) is 0.801. The molecule has 0 saturated carbocycles. The van der Waals surface area contributed by atoms with Crippen LogP contribution in [0, 0.1) is 0 Å². The van der Waals surface area contributed by atoms with Gasteiger partial charge in [0.15, 0.2) is 11.5 Å². The molecule has 2 amide bonds. The zero-order chi connectivity index (χ0) is 15.7. The van der Waals surface area contributed by atoms with Gasteiger partial charge in [-0.1, -0.05) is 0 Å². The van der Waals surface area contributed by atoms with E-state index in [1.165, 1.54) is 6.20 Å². The zero-order valence-corrected chi connectivity index (χ0v) is 12.6. The van der Waals surface area contributed by atoms with Gasteiger partial charge in [-0.15, -0.1) is 0 Å². The van der Waals surface area contributed by atoms with Crippen LogP contribution in [0.3, 0.4) is 0 Å². The fourth-order valence-corrected chi connectivity index (χ4v) is 2.70. The van der Waals surface area contributed by atoms with Gasteiger partial charge >= 0.3 is 0 Å². The van der Waals surface area contributed by atoms with Crippen molar-refractivity contribution in [3.05, 3.63) is 18.0 Å². The summed E-state index contributed by atoms with van der Waals surface area (Å²) in [7, 11) is 0. The van der Waals surface area contributed by atoms with Crippen LogP contribution in [0.4, 0.5) is 0 Å². The number of ether oxygens (including phenoxy) is 2. The Hall–Kier alpha value is -2.31. The highest BCUT2D eigenvalue weighted by Gasteiger charge is 2.36. The first kappa shape index (κ1) is 14.6. The number of carbonyl (C=O) groups excluding carboxylic acids is 2. The predicted molar refractivity (Wildman–Crippen MR) is 77.9 cm³/mol. The molecule has 1 unspecified atom stereocenters. The number of piperidine rings is 1. The summed E-state index contributed by atoms with van der Waals surface area (Å²) in [4.78, 5) is 28.0. The first-order valence-corrected chi connectivity index (χ1v) is 7.33. The minimum atomic E-state index is -0.487. The second-order valence-corrected chi connectivity index (χ2v) is 6.05. The Kier molecular flexibility index (Phi) is 3.64. The van der Waals surface area contributed by atoms with Gasteiger partial charge in [0.1, 0.15) is 18.9 Å². The molecular formula is C15H19N3O4. The molecule has 0 bridgehead atoms. The number of aromatic nitrogens is 1. The van der Waals surface area contributed by atoms with Crippen LogP contribution in [0.1, 0.15) is 37.2 Å². The fourth-order valence-electron chi connectivity index (χ4n) is 2.70. The van der Waals surface area contributed by atoms with Crippen molar-refractivity contribution in [2.75, 3.05) is 13.2 Å². The van der Waals surface area contributed by atoms with E-state index in [0.29, 0.717) is 37.6 Å². The van der Waals surface area contributed by atoms with Crippen molar-refractivity contribution in [2.24, 2.45) is 0 Å². The smallest absolute Gasteiger partial charge is 0.270 e. The van der Waals surface area contributed by atoms with E-state index in [9.17, 15) is 9.59 Å². The first-order chi connectivity index (χ1) is 10.5. The first-order valence-electron chi connectivity index (χ1n) is 7.33. The van der Waals surface area contributed by atoms with Crippen LogP contribution in [0.15, 0.2) is 12.3 Å². The minimum Gasteiger partial charge on any atom is -0.486 e. The van der Waals surface area contributed by atoms with Crippen LogP contribution in [-0.4, -0.2) is 41.6 Å². The van der Waals surface area contributed by atoms with E-state index in [2.05, 4.69) is 15.6 Å². The molecule has 7 heteroatoms. The standard InChI is InChI=1S/C15H19N3O4/c1-15(2)12(3-4-13(19)18-15)17-14(20)9-7-10-11(8-16-9)22-6-5-21-10/h7-8,12H,3-6H2,1-2H3,(H,17,20)(H,18,19). The van der Waals surface area contributed by atoms with Gasteiger partial charge in [0.2, 0.25) is 5.91 Å². The molecule has 1 aromatic rings. The summed E-state index contributed by atoms with van der Waals surface area (Å²) in [6.45, 7) is 4.73. The molecule has 3 rings (SSSR count). The molecule has 2 N–H and O–H groups in total. The Bertz CT molecular complexity index is 615. The summed E-state index contributed by atoms with van der Waals surface area (Å²) in [5.41, 5.74) is -0.212. The molecule has 2 aliphatic heterocycles. The quantitative estimate of drug-likeness (QED) is 0.837. The van der Waals surface area contributed by atoms with Crippen LogP contribution >= 0.6 is 0 Å². The Morgan fingerprint density at radius 1 is 1.36 bits per heavy atom. The lowest BCUT2D eigenvalue weighted by Crippen LogP contribution is -2.62. The van der Waals surface area contributed by atoms with Gasteiger partial charge in [-0.25, -0.2) is 4.98 Å². The van der Waals surface area contributed by atoms with E-state index in [1.54, 1.807) is 6.07 Å². The van der Waals surface area contributed by atoms with Crippen LogP contribution in [0.5, 0.6) is 11.5 Å². The Labute approximate surface area is 128 Å². The average Bonchev–Trinajstić information content (AvgIpc) is 2.49. The van der Waals surface area contributed by atoms with Gasteiger partial charge < -0.3 is 20.1 Å². The van der Waals surface area contributed by atoms with E-state index in [4.69, 9.17) is 9.47 Å². The number of hydrogen-bond donors (Lipinski definition) is 2. The Morgan fingerprint density at radius 3 is 2.82 bits per heavy atom. The van der Waals surface area contributed by atoms with Gasteiger partial charge in [-0.2, -0.15) is 0 Å². The van der Waals surface area contributed by atoms with E-state index in [-0.39, 0.29) is 23.6 Å². The maximum absolute atomic E-state index is 12.4. The molecule has 118 valence electrons. The minimum absolute atomic E-state index is 0.00736.